The van der Waals surface area contributed by atoms with Gasteiger partial charge in [-0.2, -0.15) is 10.1 Å². The molecular formula is C22H29N5O4. The van der Waals surface area contributed by atoms with Crippen molar-refractivity contribution in [3.63, 3.8) is 0 Å². The molecule has 2 heterocycles. The Balaban J connectivity index is 1.49. The van der Waals surface area contributed by atoms with Crippen molar-refractivity contribution in [2.24, 2.45) is 0 Å². The predicted molar refractivity (Wildman–Crippen MR) is 114 cm³/mol. The maximum atomic E-state index is 5.54. The van der Waals surface area contributed by atoms with Gasteiger partial charge < -0.3 is 18.7 Å². The van der Waals surface area contributed by atoms with Gasteiger partial charge in [-0.1, -0.05) is 11.6 Å². The summed E-state index contributed by atoms with van der Waals surface area (Å²) in [7, 11) is 6.75. The van der Waals surface area contributed by atoms with Crippen LogP contribution in [0.25, 0.3) is 11.4 Å². The van der Waals surface area contributed by atoms with Gasteiger partial charge in [0, 0.05) is 12.2 Å². The molecule has 0 aliphatic heterocycles. The van der Waals surface area contributed by atoms with Crippen molar-refractivity contribution >= 4 is 0 Å². The van der Waals surface area contributed by atoms with Crippen LogP contribution < -0.4 is 14.2 Å². The molecule has 166 valence electrons. The zero-order valence-corrected chi connectivity index (χ0v) is 18.5. The highest BCUT2D eigenvalue weighted by molar-refractivity contribution is 5.72. The number of hydrogen-bond donors (Lipinski definition) is 1. The first kappa shape index (κ1) is 21.2. The van der Waals surface area contributed by atoms with E-state index in [-0.39, 0.29) is 0 Å². The molecule has 0 fully saturated rings. The monoisotopic (exact) mass is 427 g/mol. The molecule has 0 saturated heterocycles. The van der Waals surface area contributed by atoms with E-state index in [0.717, 1.165) is 25.1 Å². The number of nitrogens with zero attached hydrogens (tertiary/aromatic N) is 4. The number of H-pyrrole nitrogens is 1. The Morgan fingerprint density at radius 1 is 1.00 bits per heavy atom. The normalized spacial score (nSPS) is 13.7. The summed E-state index contributed by atoms with van der Waals surface area (Å²) in [5, 5.41) is 11.9. The summed E-state index contributed by atoms with van der Waals surface area (Å²) >= 11 is 0. The largest absolute Gasteiger partial charge is 0.493 e. The van der Waals surface area contributed by atoms with Crippen LogP contribution in [0.3, 0.4) is 0 Å². The van der Waals surface area contributed by atoms with Gasteiger partial charge in [-0.05, 0) is 50.4 Å². The molecule has 9 heteroatoms. The standard InChI is InChI=1S/C22H29N5O4/c1-27(12-17-14-8-6-5-7-9-16(14)24-25-17)13-19-23-22(26-31-19)15-10-11-18(28-2)21(30-4)20(15)29-3/h10-11H,5-9,12-13H2,1-4H3,(H,24,25). The summed E-state index contributed by atoms with van der Waals surface area (Å²) in [6, 6.07) is 3.62. The van der Waals surface area contributed by atoms with Gasteiger partial charge in [0.2, 0.25) is 17.5 Å². The van der Waals surface area contributed by atoms with E-state index in [2.05, 4.69) is 25.2 Å². The number of aromatic nitrogens is 4. The number of methoxy groups -OCH3 is 3. The first-order valence-corrected chi connectivity index (χ1v) is 10.5. The molecule has 0 amide bonds. The maximum Gasteiger partial charge on any atom is 0.241 e. The zero-order valence-electron chi connectivity index (χ0n) is 18.5. The van der Waals surface area contributed by atoms with Gasteiger partial charge >= 0.3 is 0 Å². The van der Waals surface area contributed by atoms with Crippen molar-refractivity contribution in [1.82, 2.24) is 25.2 Å². The predicted octanol–water partition coefficient (Wildman–Crippen LogP) is 3.39. The molecule has 31 heavy (non-hydrogen) atoms. The topological polar surface area (TPSA) is 98.5 Å². The van der Waals surface area contributed by atoms with E-state index in [1.807, 2.05) is 13.1 Å². The van der Waals surface area contributed by atoms with Crippen LogP contribution in [0, 0.1) is 0 Å². The summed E-state index contributed by atoms with van der Waals surface area (Å²) < 4.78 is 21.8. The molecule has 4 rings (SSSR count). The number of ether oxygens (including phenoxy) is 3. The SMILES string of the molecule is COc1ccc(-c2noc(CN(C)Cc3n[nH]c4c3CCCCC4)n2)c(OC)c1OC. The molecule has 0 atom stereocenters. The van der Waals surface area contributed by atoms with Crippen molar-refractivity contribution in [1.29, 1.82) is 0 Å². The molecule has 0 saturated carbocycles. The van der Waals surface area contributed by atoms with Crippen molar-refractivity contribution in [3.05, 3.63) is 35.0 Å². The van der Waals surface area contributed by atoms with Gasteiger partial charge in [0.15, 0.2) is 11.5 Å². The van der Waals surface area contributed by atoms with Crippen molar-refractivity contribution < 1.29 is 18.7 Å². The molecule has 1 N–H and O–H groups in total. The molecule has 3 aromatic rings. The number of fused-ring (bicyclic) bond motifs is 1. The Kier molecular flexibility index (Phi) is 6.41. The third kappa shape index (κ3) is 4.36. The van der Waals surface area contributed by atoms with Crippen molar-refractivity contribution in [3.8, 4) is 28.6 Å². The molecule has 9 nitrogen and oxygen atoms in total. The number of aryl methyl sites for hydroxylation is 1. The quantitative estimate of drug-likeness (QED) is 0.546. The van der Waals surface area contributed by atoms with E-state index in [0.29, 0.717) is 41.1 Å². The number of rotatable bonds is 8. The fraction of sp³-hybridized carbons (Fsp3) is 0.500. The van der Waals surface area contributed by atoms with Crippen LogP contribution in [0.5, 0.6) is 17.2 Å². The summed E-state index contributed by atoms with van der Waals surface area (Å²) in [4.78, 5) is 6.70. The third-order valence-electron chi connectivity index (χ3n) is 5.63. The van der Waals surface area contributed by atoms with Gasteiger partial charge in [-0.25, -0.2) is 0 Å². The maximum absolute atomic E-state index is 5.54. The molecule has 1 aromatic carbocycles. The Bertz CT molecular complexity index is 1030. The van der Waals surface area contributed by atoms with Gasteiger partial charge in [0.05, 0.1) is 39.1 Å². The van der Waals surface area contributed by atoms with Crippen LogP contribution in [-0.4, -0.2) is 53.6 Å². The van der Waals surface area contributed by atoms with Gasteiger partial charge in [0.1, 0.15) is 0 Å². The van der Waals surface area contributed by atoms with Gasteiger partial charge in [-0.15, -0.1) is 0 Å². The molecule has 0 radical (unpaired) electrons. The Morgan fingerprint density at radius 2 is 1.81 bits per heavy atom. The molecule has 0 spiro atoms. The van der Waals surface area contributed by atoms with Crippen molar-refractivity contribution in [2.45, 2.75) is 45.2 Å². The van der Waals surface area contributed by atoms with E-state index in [1.165, 1.54) is 30.5 Å². The highest BCUT2D eigenvalue weighted by Crippen LogP contribution is 2.43. The first-order valence-electron chi connectivity index (χ1n) is 10.5. The summed E-state index contributed by atoms with van der Waals surface area (Å²) in [5.74, 6) is 2.53. The summed E-state index contributed by atoms with van der Waals surface area (Å²) in [5.41, 5.74) is 4.46. The average molecular weight is 428 g/mol. The lowest BCUT2D eigenvalue weighted by Crippen LogP contribution is -2.18. The van der Waals surface area contributed by atoms with Gasteiger partial charge in [-0.3, -0.25) is 10.00 Å². The Hall–Kier alpha value is -3.07. The lowest BCUT2D eigenvalue weighted by atomic mass is 10.1. The number of nitrogens with one attached hydrogen (secondary N) is 1. The smallest absolute Gasteiger partial charge is 0.241 e. The minimum atomic E-state index is 0.440. The zero-order chi connectivity index (χ0) is 21.8. The molecule has 2 aromatic heterocycles. The van der Waals surface area contributed by atoms with E-state index in [4.69, 9.17) is 18.7 Å². The van der Waals surface area contributed by atoms with Crippen LogP contribution >= 0.6 is 0 Å². The lowest BCUT2D eigenvalue weighted by molar-refractivity contribution is 0.258. The third-order valence-corrected chi connectivity index (χ3v) is 5.63. The lowest BCUT2D eigenvalue weighted by Gasteiger charge is -2.14. The first-order chi connectivity index (χ1) is 15.1. The van der Waals surface area contributed by atoms with Gasteiger partial charge in [0.25, 0.3) is 0 Å². The van der Waals surface area contributed by atoms with Crippen LogP contribution in [0.2, 0.25) is 0 Å². The molecule has 0 unspecified atom stereocenters. The fourth-order valence-electron chi connectivity index (χ4n) is 4.11. The number of benzene rings is 1. The number of hydrogen-bond acceptors (Lipinski definition) is 8. The van der Waals surface area contributed by atoms with Crippen LogP contribution in [-0.2, 0) is 25.9 Å². The average Bonchev–Trinajstić information content (AvgIpc) is 3.31. The van der Waals surface area contributed by atoms with Crippen LogP contribution in [0.15, 0.2) is 16.7 Å². The van der Waals surface area contributed by atoms with Crippen molar-refractivity contribution in [2.75, 3.05) is 28.4 Å². The Morgan fingerprint density at radius 3 is 2.58 bits per heavy atom. The molecule has 1 aliphatic carbocycles. The summed E-state index contributed by atoms with van der Waals surface area (Å²) in [6.07, 6.45) is 5.92. The second-order valence-corrected chi connectivity index (χ2v) is 7.75. The summed E-state index contributed by atoms with van der Waals surface area (Å²) in [6.45, 7) is 1.24. The molecule has 1 aliphatic rings. The Labute approximate surface area is 181 Å². The minimum absolute atomic E-state index is 0.440. The number of aromatic amines is 1. The van der Waals surface area contributed by atoms with E-state index < -0.39 is 0 Å². The van der Waals surface area contributed by atoms with E-state index in [1.54, 1.807) is 27.4 Å². The fourth-order valence-corrected chi connectivity index (χ4v) is 4.11. The second-order valence-electron chi connectivity index (χ2n) is 7.75. The van der Waals surface area contributed by atoms with E-state index >= 15 is 0 Å². The highest BCUT2D eigenvalue weighted by Gasteiger charge is 2.22. The highest BCUT2D eigenvalue weighted by atomic mass is 16.5. The van der Waals surface area contributed by atoms with E-state index in [9.17, 15) is 0 Å². The van der Waals surface area contributed by atoms with Crippen LogP contribution in [0.4, 0.5) is 0 Å². The minimum Gasteiger partial charge on any atom is -0.493 e. The second kappa shape index (κ2) is 9.38. The van der Waals surface area contributed by atoms with Crippen LogP contribution in [0.1, 0.15) is 42.1 Å². The molecule has 0 bridgehead atoms. The molecular weight excluding hydrogens is 398 g/mol.